The van der Waals surface area contributed by atoms with Crippen molar-refractivity contribution in [2.24, 2.45) is 0 Å². The van der Waals surface area contributed by atoms with E-state index in [4.69, 9.17) is 9.90 Å². The molecule has 0 atom stereocenters. The van der Waals surface area contributed by atoms with E-state index in [1.54, 1.807) is 0 Å². The molecule has 0 aliphatic heterocycles. The number of carboxylic acids is 1. The lowest BCUT2D eigenvalue weighted by atomic mass is 10.9. The van der Waals surface area contributed by atoms with Crippen LogP contribution < -0.4 is 5.82 Å². The maximum Gasteiger partial charge on any atom is 0.518 e. The second kappa shape index (κ2) is 4.37. The van der Waals surface area contributed by atoms with Crippen LogP contribution in [0, 0.1) is 0 Å². The second-order valence-corrected chi connectivity index (χ2v) is 1.28. The SMILES string of the molecule is CC(=O)O.O=c1occo1. The van der Waals surface area contributed by atoms with Crippen molar-refractivity contribution in [3.05, 3.63) is 23.1 Å². The largest absolute Gasteiger partial charge is 0.518 e. The van der Waals surface area contributed by atoms with Crippen molar-refractivity contribution >= 4 is 5.97 Å². The van der Waals surface area contributed by atoms with Gasteiger partial charge in [-0.05, 0) is 0 Å². The molecule has 0 aliphatic rings. The molecule has 5 nitrogen and oxygen atoms in total. The molecule has 1 rings (SSSR count). The van der Waals surface area contributed by atoms with Gasteiger partial charge in [-0.3, -0.25) is 4.79 Å². The molecule has 1 aromatic rings. The first-order valence-corrected chi connectivity index (χ1v) is 2.34. The number of aliphatic carboxylic acids is 1. The zero-order valence-electron chi connectivity index (χ0n) is 5.23. The van der Waals surface area contributed by atoms with E-state index >= 15 is 0 Å². The van der Waals surface area contributed by atoms with Gasteiger partial charge in [-0.1, -0.05) is 0 Å². The molecule has 0 saturated heterocycles. The molecule has 10 heavy (non-hydrogen) atoms. The third kappa shape index (κ3) is 6.48. The summed E-state index contributed by atoms with van der Waals surface area (Å²) in [4.78, 5) is 18.7. The molecular formula is C5H6O5. The summed E-state index contributed by atoms with van der Waals surface area (Å²) < 4.78 is 8.22. The minimum Gasteiger partial charge on any atom is -0.481 e. The molecule has 1 N–H and O–H groups in total. The summed E-state index contributed by atoms with van der Waals surface area (Å²) in [7, 11) is 0. The Morgan fingerprint density at radius 1 is 1.50 bits per heavy atom. The second-order valence-electron chi connectivity index (χ2n) is 1.28. The fourth-order valence-corrected chi connectivity index (χ4v) is 0.194. The van der Waals surface area contributed by atoms with Crippen LogP contribution in [0.4, 0.5) is 0 Å². The molecule has 0 amide bonds. The molecule has 5 heteroatoms. The van der Waals surface area contributed by atoms with E-state index in [1.807, 2.05) is 0 Å². The maximum absolute atomic E-state index is 9.74. The Bertz CT molecular complexity index is 211. The van der Waals surface area contributed by atoms with Gasteiger partial charge < -0.3 is 13.9 Å². The normalized spacial score (nSPS) is 7.70. The lowest BCUT2D eigenvalue weighted by Gasteiger charge is -1.59. The molecule has 0 aromatic carbocycles. The zero-order chi connectivity index (χ0) is 7.98. The molecule has 0 radical (unpaired) electrons. The summed E-state index contributed by atoms with van der Waals surface area (Å²) in [5.41, 5.74) is 0. The van der Waals surface area contributed by atoms with Crippen molar-refractivity contribution in [1.29, 1.82) is 0 Å². The van der Waals surface area contributed by atoms with Gasteiger partial charge in [0, 0.05) is 6.92 Å². The number of carbonyl (C=O) groups is 1. The Labute approximate surface area is 55.9 Å². The third-order valence-electron chi connectivity index (χ3n) is 0.384. The summed E-state index contributed by atoms with van der Waals surface area (Å²) in [5, 5.41) is 7.42. The van der Waals surface area contributed by atoms with E-state index in [0.717, 1.165) is 6.92 Å². The summed E-state index contributed by atoms with van der Waals surface area (Å²) in [6.45, 7) is 1.08. The Kier molecular flexibility index (Phi) is 3.70. The first-order chi connectivity index (χ1) is 4.63. The van der Waals surface area contributed by atoms with Crippen molar-refractivity contribution < 1.29 is 18.7 Å². The van der Waals surface area contributed by atoms with Crippen LogP contribution in [0.25, 0.3) is 0 Å². The number of rotatable bonds is 0. The van der Waals surface area contributed by atoms with Gasteiger partial charge in [-0.15, -0.1) is 0 Å². The highest BCUT2D eigenvalue weighted by Crippen LogP contribution is 1.70. The van der Waals surface area contributed by atoms with Crippen molar-refractivity contribution in [2.75, 3.05) is 0 Å². The van der Waals surface area contributed by atoms with Crippen LogP contribution in [0.3, 0.4) is 0 Å². The molecule has 1 aromatic heterocycles. The Balaban J connectivity index is 0.000000180. The van der Waals surface area contributed by atoms with Gasteiger partial charge >= 0.3 is 5.82 Å². The molecule has 0 saturated carbocycles. The van der Waals surface area contributed by atoms with E-state index in [0.29, 0.717) is 0 Å². The minimum atomic E-state index is -0.833. The highest BCUT2D eigenvalue weighted by molar-refractivity contribution is 5.62. The fourth-order valence-electron chi connectivity index (χ4n) is 0.194. The predicted molar refractivity (Wildman–Crippen MR) is 30.6 cm³/mol. The molecule has 0 fully saturated rings. The molecule has 0 spiro atoms. The topological polar surface area (TPSA) is 80.6 Å². The van der Waals surface area contributed by atoms with E-state index in [-0.39, 0.29) is 0 Å². The van der Waals surface area contributed by atoms with Gasteiger partial charge in [0.15, 0.2) is 0 Å². The smallest absolute Gasteiger partial charge is 0.481 e. The van der Waals surface area contributed by atoms with Gasteiger partial charge in [0.25, 0.3) is 5.97 Å². The first kappa shape index (κ1) is 8.48. The van der Waals surface area contributed by atoms with E-state index in [9.17, 15) is 4.79 Å². The van der Waals surface area contributed by atoms with Gasteiger partial charge in [0.05, 0.1) is 0 Å². The van der Waals surface area contributed by atoms with Crippen LogP contribution in [0.1, 0.15) is 6.92 Å². The number of carboxylic acid groups (broad SMARTS) is 1. The van der Waals surface area contributed by atoms with Crippen molar-refractivity contribution in [1.82, 2.24) is 0 Å². The molecule has 0 aliphatic carbocycles. The minimum absolute atomic E-state index is 0.657. The standard InChI is InChI=1S/C3H2O3.C2H4O2/c4-3-5-1-2-6-3;1-2(3)4/h1-2H;1H3,(H,3,4). The molecule has 56 valence electrons. The van der Waals surface area contributed by atoms with Crippen LogP contribution in [0.15, 0.2) is 26.2 Å². The van der Waals surface area contributed by atoms with Crippen molar-refractivity contribution in [3.63, 3.8) is 0 Å². The zero-order valence-corrected chi connectivity index (χ0v) is 5.23. The van der Waals surface area contributed by atoms with E-state index < -0.39 is 11.8 Å². The molecular weight excluding hydrogens is 140 g/mol. The number of hydrogen-bond donors (Lipinski definition) is 1. The highest BCUT2D eigenvalue weighted by Gasteiger charge is 1.77. The third-order valence-corrected chi connectivity index (χ3v) is 0.384. The summed E-state index contributed by atoms with van der Waals surface area (Å²) >= 11 is 0. The molecule has 0 unspecified atom stereocenters. The lowest BCUT2D eigenvalue weighted by Crippen LogP contribution is -1.83. The van der Waals surface area contributed by atoms with E-state index in [1.165, 1.54) is 12.5 Å². The quantitative estimate of drug-likeness (QED) is 0.570. The van der Waals surface area contributed by atoms with Gasteiger partial charge in [-0.25, -0.2) is 4.79 Å². The van der Waals surface area contributed by atoms with Crippen LogP contribution >= 0.6 is 0 Å². The number of hydrogen-bond acceptors (Lipinski definition) is 4. The summed E-state index contributed by atoms with van der Waals surface area (Å²) in [6.07, 6.45) is 2.37. The molecule has 1 heterocycles. The van der Waals surface area contributed by atoms with Crippen LogP contribution in [-0.4, -0.2) is 11.1 Å². The fraction of sp³-hybridized carbons (Fsp3) is 0.200. The van der Waals surface area contributed by atoms with Crippen molar-refractivity contribution in [2.45, 2.75) is 6.92 Å². The van der Waals surface area contributed by atoms with Gasteiger partial charge in [0.2, 0.25) is 0 Å². The van der Waals surface area contributed by atoms with Crippen LogP contribution in [-0.2, 0) is 4.79 Å². The Hall–Kier alpha value is -1.52. The summed E-state index contributed by atoms with van der Waals surface area (Å²) in [5.74, 6) is -1.49. The van der Waals surface area contributed by atoms with Crippen LogP contribution in [0.2, 0.25) is 0 Å². The Morgan fingerprint density at radius 3 is 1.90 bits per heavy atom. The molecule has 0 bridgehead atoms. The predicted octanol–water partition coefficient (Wildman–Crippen LogP) is 0.324. The average Bonchev–Trinajstić information content (AvgIpc) is 2.15. The Morgan fingerprint density at radius 2 is 1.80 bits per heavy atom. The maximum atomic E-state index is 9.74. The lowest BCUT2D eigenvalue weighted by molar-refractivity contribution is -0.134. The average molecular weight is 146 g/mol. The monoisotopic (exact) mass is 146 g/mol. The van der Waals surface area contributed by atoms with Gasteiger partial charge in [-0.2, -0.15) is 0 Å². The van der Waals surface area contributed by atoms with Crippen molar-refractivity contribution in [3.8, 4) is 0 Å². The van der Waals surface area contributed by atoms with Crippen LogP contribution in [0.5, 0.6) is 0 Å². The first-order valence-electron chi connectivity index (χ1n) is 2.34. The summed E-state index contributed by atoms with van der Waals surface area (Å²) in [6, 6.07) is 0. The van der Waals surface area contributed by atoms with Gasteiger partial charge in [0.1, 0.15) is 12.5 Å². The highest BCUT2D eigenvalue weighted by atomic mass is 16.5. The van der Waals surface area contributed by atoms with E-state index in [2.05, 4.69) is 8.83 Å².